The number of carbonyl (C=O) groups excluding carboxylic acids is 1. The number of halogens is 1. The molecule has 0 bridgehead atoms. The Balaban J connectivity index is 2.85. The van der Waals surface area contributed by atoms with Gasteiger partial charge in [0.15, 0.2) is 0 Å². The molecule has 1 heterocycles. The molecule has 1 aromatic heterocycles. The van der Waals surface area contributed by atoms with Gasteiger partial charge >= 0.3 is 5.97 Å². The maximum atomic E-state index is 12.0. The summed E-state index contributed by atoms with van der Waals surface area (Å²) in [5.41, 5.74) is 0.269. The van der Waals surface area contributed by atoms with Crippen LogP contribution in [0.3, 0.4) is 0 Å². The first-order valence-corrected chi connectivity index (χ1v) is 6.85. The topological polar surface area (TPSA) is 73.2 Å². The standard InChI is InChI=1S/C12H18BrN3O3/c1-4-8(2)5-14-9-6-15-16(7-10(17)19-3)12(18)11(9)13/h6,8,14H,4-5,7H2,1-3H3. The van der Waals surface area contributed by atoms with Crippen LogP contribution in [0.4, 0.5) is 5.69 Å². The molecular weight excluding hydrogens is 314 g/mol. The zero-order valence-corrected chi connectivity index (χ0v) is 12.9. The minimum atomic E-state index is -0.512. The van der Waals surface area contributed by atoms with Crippen LogP contribution in [0.2, 0.25) is 0 Å². The van der Waals surface area contributed by atoms with Gasteiger partial charge in [0.2, 0.25) is 0 Å². The molecule has 6 nitrogen and oxygen atoms in total. The Morgan fingerprint density at radius 1 is 1.63 bits per heavy atom. The van der Waals surface area contributed by atoms with Crippen molar-refractivity contribution in [3.05, 3.63) is 21.0 Å². The van der Waals surface area contributed by atoms with Gasteiger partial charge in [-0.1, -0.05) is 20.3 Å². The average molecular weight is 332 g/mol. The molecule has 0 spiro atoms. The highest BCUT2D eigenvalue weighted by Gasteiger charge is 2.12. The Hall–Kier alpha value is -1.37. The summed E-state index contributed by atoms with van der Waals surface area (Å²) < 4.78 is 5.93. The van der Waals surface area contributed by atoms with E-state index in [1.165, 1.54) is 13.3 Å². The largest absolute Gasteiger partial charge is 0.468 e. The molecule has 1 unspecified atom stereocenters. The minimum absolute atomic E-state index is 0.195. The van der Waals surface area contributed by atoms with Crippen LogP contribution in [0.15, 0.2) is 15.5 Å². The van der Waals surface area contributed by atoms with Crippen LogP contribution >= 0.6 is 15.9 Å². The number of nitrogens with one attached hydrogen (secondary N) is 1. The van der Waals surface area contributed by atoms with Gasteiger partial charge in [0, 0.05) is 6.54 Å². The fraction of sp³-hybridized carbons (Fsp3) is 0.583. The molecule has 19 heavy (non-hydrogen) atoms. The van der Waals surface area contributed by atoms with E-state index >= 15 is 0 Å². The predicted molar refractivity (Wildman–Crippen MR) is 76.2 cm³/mol. The van der Waals surface area contributed by atoms with Crippen LogP contribution < -0.4 is 10.9 Å². The van der Waals surface area contributed by atoms with E-state index < -0.39 is 5.97 Å². The number of methoxy groups -OCH3 is 1. The zero-order valence-electron chi connectivity index (χ0n) is 11.3. The number of esters is 1. The summed E-state index contributed by atoms with van der Waals surface area (Å²) in [5, 5.41) is 7.10. The van der Waals surface area contributed by atoms with E-state index in [1.807, 2.05) is 0 Å². The lowest BCUT2D eigenvalue weighted by molar-refractivity contribution is -0.141. The highest BCUT2D eigenvalue weighted by molar-refractivity contribution is 9.10. The molecule has 7 heteroatoms. The molecule has 0 aliphatic rings. The van der Waals surface area contributed by atoms with Crippen molar-refractivity contribution < 1.29 is 9.53 Å². The SMILES string of the molecule is CCC(C)CNc1cnn(CC(=O)OC)c(=O)c1Br. The van der Waals surface area contributed by atoms with E-state index in [1.54, 1.807) is 0 Å². The molecular formula is C12H18BrN3O3. The first-order valence-electron chi connectivity index (χ1n) is 6.05. The van der Waals surface area contributed by atoms with Crippen molar-refractivity contribution >= 4 is 27.6 Å². The fourth-order valence-corrected chi connectivity index (χ4v) is 1.76. The van der Waals surface area contributed by atoms with Gasteiger partial charge in [0.25, 0.3) is 5.56 Å². The van der Waals surface area contributed by atoms with Gasteiger partial charge in [-0.2, -0.15) is 5.10 Å². The third-order valence-corrected chi connectivity index (χ3v) is 3.60. The molecule has 0 saturated heterocycles. The Morgan fingerprint density at radius 3 is 2.89 bits per heavy atom. The van der Waals surface area contributed by atoms with E-state index in [4.69, 9.17) is 0 Å². The molecule has 0 amide bonds. The quantitative estimate of drug-likeness (QED) is 0.802. The number of carbonyl (C=O) groups is 1. The summed E-state index contributed by atoms with van der Waals surface area (Å²) in [6.45, 7) is 4.79. The van der Waals surface area contributed by atoms with Crippen molar-refractivity contribution in [1.82, 2.24) is 9.78 Å². The fourth-order valence-electron chi connectivity index (χ4n) is 1.32. The van der Waals surface area contributed by atoms with Crippen LogP contribution in [-0.2, 0) is 16.1 Å². The zero-order chi connectivity index (χ0) is 14.4. The van der Waals surface area contributed by atoms with E-state index in [9.17, 15) is 9.59 Å². The molecule has 0 fully saturated rings. The van der Waals surface area contributed by atoms with Crippen LogP contribution in [0.25, 0.3) is 0 Å². The van der Waals surface area contributed by atoms with E-state index in [-0.39, 0.29) is 12.1 Å². The van der Waals surface area contributed by atoms with Crippen molar-refractivity contribution in [2.45, 2.75) is 26.8 Å². The molecule has 106 valence electrons. The summed E-state index contributed by atoms with van der Waals surface area (Å²) >= 11 is 3.23. The van der Waals surface area contributed by atoms with E-state index in [0.717, 1.165) is 17.6 Å². The van der Waals surface area contributed by atoms with Crippen LogP contribution in [0.5, 0.6) is 0 Å². The maximum absolute atomic E-state index is 12.0. The third-order valence-electron chi connectivity index (χ3n) is 2.83. The predicted octanol–water partition coefficient (Wildman–Crippen LogP) is 1.64. The Labute approximate surface area is 120 Å². The van der Waals surface area contributed by atoms with Crippen molar-refractivity contribution in [1.29, 1.82) is 0 Å². The molecule has 0 aliphatic heterocycles. The second kappa shape index (κ2) is 7.28. The highest BCUT2D eigenvalue weighted by atomic mass is 79.9. The van der Waals surface area contributed by atoms with Crippen LogP contribution in [0, 0.1) is 5.92 Å². The number of nitrogens with zero attached hydrogens (tertiary/aromatic N) is 2. The Morgan fingerprint density at radius 2 is 2.32 bits per heavy atom. The second-order valence-corrected chi connectivity index (χ2v) is 5.10. The van der Waals surface area contributed by atoms with Crippen LogP contribution in [-0.4, -0.2) is 29.4 Å². The lowest BCUT2D eigenvalue weighted by atomic mass is 10.1. The molecule has 0 aliphatic carbocycles. The Kier molecular flexibility index (Phi) is 6.01. The van der Waals surface area contributed by atoms with Crippen molar-refractivity contribution in [2.24, 2.45) is 5.92 Å². The van der Waals surface area contributed by atoms with Gasteiger partial charge in [-0.05, 0) is 21.8 Å². The van der Waals surface area contributed by atoms with Gasteiger partial charge in [-0.25, -0.2) is 4.68 Å². The monoisotopic (exact) mass is 331 g/mol. The van der Waals surface area contributed by atoms with Gasteiger partial charge in [-0.15, -0.1) is 0 Å². The number of hydrogen-bond donors (Lipinski definition) is 1. The van der Waals surface area contributed by atoms with Gasteiger partial charge in [0.05, 0.1) is 19.0 Å². The van der Waals surface area contributed by atoms with Gasteiger partial charge < -0.3 is 10.1 Å². The van der Waals surface area contributed by atoms with Crippen molar-refractivity contribution in [2.75, 3.05) is 19.0 Å². The molecule has 1 atom stereocenters. The minimum Gasteiger partial charge on any atom is -0.468 e. The Bertz CT molecular complexity index is 501. The molecule has 1 aromatic rings. The summed E-state index contributed by atoms with van der Waals surface area (Å²) in [6, 6.07) is 0. The summed E-state index contributed by atoms with van der Waals surface area (Å²) in [6.07, 6.45) is 2.58. The van der Waals surface area contributed by atoms with Crippen molar-refractivity contribution in [3.63, 3.8) is 0 Å². The van der Waals surface area contributed by atoms with Gasteiger partial charge in [0.1, 0.15) is 11.0 Å². The summed E-state index contributed by atoms with van der Waals surface area (Å²) in [4.78, 5) is 23.1. The first kappa shape index (κ1) is 15.7. The number of ether oxygens (including phenoxy) is 1. The number of rotatable bonds is 6. The molecule has 0 aromatic carbocycles. The van der Waals surface area contributed by atoms with Crippen molar-refractivity contribution in [3.8, 4) is 0 Å². The number of hydrogen-bond acceptors (Lipinski definition) is 5. The normalized spacial score (nSPS) is 12.0. The van der Waals surface area contributed by atoms with Gasteiger partial charge in [-0.3, -0.25) is 9.59 Å². The first-order chi connectivity index (χ1) is 8.99. The van der Waals surface area contributed by atoms with E-state index in [0.29, 0.717) is 16.1 Å². The van der Waals surface area contributed by atoms with E-state index in [2.05, 4.69) is 44.9 Å². The number of anilines is 1. The second-order valence-electron chi connectivity index (χ2n) is 4.31. The molecule has 1 N–H and O–H groups in total. The molecule has 0 radical (unpaired) electrons. The lowest BCUT2D eigenvalue weighted by Gasteiger charge is -2.13. The summed E-state index contributed by atoms with van der Waals surface area (Å²) in [7, 11) is 1.27. The number of aromatic nitrogens is 2. The molecule has 1 rings (SSSR count). The average Bonchev–Trinajstić information content (AvgIpc) is 2.42. The third kappa shape index (κ3) is 4.34. The smallest absolute Gasteiger partial charge is 0.327 e. The van der Waals surface area contributed by atoms with Crippen LogP contribution in [0.1, 0.15) is 20.3 Å². The lowest BCUT2D eigenvalue weighted by Crippen LogP contribution is -2.28. The molecule has 0 saturated carbocycles. The highest BCUT2D eigenvalue weighted by Crippen LogP contribution is 2.16. The summed E-state index contributed by atoms with van der Waals surface area (Å²) in [5.74, 6) is -0.00813. The maximum Gasteiger partial charge on any atom is 0.327 e.